The van der Waals surface area contributed by atoms with E-state index in [0.29, 0.717) is 0 Å². The number of anilines is 1. The van der Waals surface area contributed by atoms with Gasteiger partial charge < -0.3 is 4.90 Å². The third-order valence-electron chi connectivity index (χ3n) is 3.48. The highest BCUT2D eigenvalue weighted by atomic mass is 32.2. The van der Waals surface area contributed by atoms with Gasteiger partial charge in [-0.2, -0.15) is 0 Å². The zero-order valence-corrected chi connectivity index (χ0v) is 15.0. The molecule has 0 saturated heterocycles. The maximum Gasteiger partial charge on any atom is 0.200 e. The number of nitrogens with zero attached hydrogens (tertiary/aromatic N) is 2. The van der Waals surface area contributed by atoms with Gasteiger partial charge in [-0.15, -0.1) is 11.3 Å². The molecule has 0 radical (unpaired) electrons. The van der Waals surface area contributed by atoms with Crippen LogP contribution in [0.1, 0.15) is 32.6 Å². The van der Waals surface area contributed by atoms with Crippen LogP contribution in [0, 0.1) is 0 Å². The van der Waals surface area contributed by atoms with E-state index >= 15 is 0 Å². The number of hydrogen-bond donors (Lipinski definition) is 0. The quantitative estimate of drug-likeness (QED) is 0.833. The van der Waals surface area contributed by atoms with Gasteiger partial charge in [0.05, 0.1) is 23.2 Å². The van der Waals surface area contributed by atoms with E-state index in [2.05, 4.69) is 28.3 Å². The molecule has 0 aliphatic rings. The summed E-state index contributed by atoms with van der Waals surface area (Å²) >= 11 is 1.71. The van der Waals surface area contributed by atoms with E-state index in [1.54, 1.807) is 44.4 Å². The first-order chi connectivity index (χ1) is 10.3. The second-order valence-electron chi connectivity index (χ2n) is 6.06. The molecule has 4 nitrogen and oxygen atoms in total. The van der Waals surface area contributed by atoms with Crippen molar-refractivity contribution in [1.82, 2.24) is 4.98 Å². The van der Waals surface area contributed by atoms with Crippen LogP contribution < -0.4 is 4.90 Å². The maximum absolute atomic E-state index is 12.4. The summed E-state index contributed by atoms with van der Waals surface area (Å²) in [7, 11) is -3.40. The van der Waals surface area contributed by atoms with Gasteiger partial charge in [-0.3, -0.25) is 0 Å². The predicted molar refractivity (Wildman–Crippen MR) is 92.2 cm³/mol. The van der Waals surface area contributed by atoms with Crippen LogP contribution in [0.2, 0.25) is 0 Å². The van der Waals surface area contributed by atoms with E-state index < -0.39 is 14.6 Å². The molecule has 0 aliphatic heterocycles. The lowest BCUT2D eigenvalue weighted by Crippen LogP contribution is -2.29. The van der Waals surface area contributed by atoms with Crippen LogP contribution in [0.4, 0.5) is 5.69 Å². The van der Waals surface area contributed by atoms with Gasteiger partial charge in [0.1, 0.15) is 0 Å². The molecular weight excluding hydrogens is 316 g/mol. The van der Waals surface area contributed by atoms with E-state index in [1.807, 2.05) is 12.1 Å². The first-order valence-corrected chi connectivity index (χ1v) is 9.60. The normalized spacial score (nSPS) is 12.4. The molecule has 2 aromatic rings. The monoisotopic (exact) mass is 338 g/mol. The molecule has 2 heterocycles. The van der Waals surface area contributed by atoms with Crippen molar-refractivity contribution in [2.24, 2.45) is 0 Å². The van der Waals surface area contributed by atoms with Gasteiger partial charge >= 0.3 is 0 Å². The topological polar surface area (TPSA) is 50.3 Å². The fourth-order valence-corrected chi connectivity index (χ4v) is 3.79. The first-order valence-electron chi connectivity index (χ1n) is 7.23. The van der Waals surface area contributed by atoms with Crippen molar-refractivity contribution in [3.8, 4) is 0 Å². The predicted octanol–water partition coefficient (Wildman–Crippen LogP) is 3.74. The van der Waals surface area contributed by atoms with Gasteiger partial charge in [-0.05, 0) is 51.3 Å². The lowest BCUT2D eigenvalue weighted by molar-refractivity contribution is 0.556. The van der Waals surface area contributed by atoms with Crippen molar-refractivity contribution >= 4 is 26.9 Å². The Hall–Kier alpha value is -1.40. The van der Waals surface area contributed by atoms with E-state index in [1.165, 1.54) is 4.88 Å². The standard InChI is InChI=1S/C16H22N2O2S2/c1-5-18(12-14-7-6-10-21-14)13-8-9-15(17-11-13)22(19,20)16(2,3)4/h6-11H,5,12H2,1-4H3. The van der Waals surface area contributed by atoms with Crippen molar-refractivity contribution in [1.29, 1.82) is 0 Å². The summed E-state index contributed by atoms with van der Waals surface area (Å²) < 4.78 is 23.9. The summed E-state index contributed by atoms with van der Waals surface area (Å²) in [4.78, 5) is 7.63. The molecule has 120 valence electrons. The molecule has 0 unspecified atom stereocenters. The van der Waals surface area contributed by atoms with Crippen LogP contribution in [0.25, 0.3) is 0 Å². The third kappa shape index (κ3) is 3.50. The van der Waals surface area contributed by atoms with Gasteiger partial charge in [0.2, 0.25) is 0 Å². The molecule has 0 fully saturated rings. The highest BCUT2D eigenvalue weighted by molar-refractivity contribution is 7.92. The van der Waals surface area contributed by atoms with Crippen LogP contribution in [0.15, 0.2) is 40.9 Å². The number of pyridine rings is 1. The summed E-state index contributed by atoms with van der Waals surface area (Å²) in [5.41, 5.74) is 0.934. The molecule has 2 rings (SSSR count). The van der Waals surface area contributed by atoms with Crippen LogP contribution in [0.3, 0.4) is 0 Å². The SMILES string of the molecule is CCN(Cc1cccs1)c1ccc(S(=O)(=O)C(C)(C)C)nc1. The minimum Gasteiger partial charge on any atom is -0.365 e. The Labute approximate surface area is 136 Å². The van der Waals surface area contributed by atoms with Crippen molar-refractivity contribution in [2.45, 2.75) is 44.0 Å². The van der Waals surface area contributed by atoms with E-state index in [-0.39, 0.29) is 5.03 Å². The average molecular weight is 338 g/mol. The van der Waals surface area contributed by atoms with Crippen LogP contribution in [-0.2, 0) is 16.4 Å². The summed E-state index contributed by atoms with van der Waals surface area (Å²) in [5.74, 6) is 0. The summed E-state index contributed by atoms with van der Waals surface area (Å²) in [6, 6.07) is 7.57. The minimum atomic E-state index is -3.40. The molecule has 0 N–H and O–H groups in total. The number of aromatic nitrogens is 1. The second-order valence-corrected chi connectivity index (χ2v) is 9.75. The largest absolute Gasteiger partial charge is 0.365 e. The Morgan fingerprint density at radius 2 is 1.95 bits per heavy atom. The van der Waals surface area contributed by atoms with Gasteiger partial charge in [-0.1, -0.05) is 6.07 Å². The molecule has 0 bridgehead atoms. The fourth-order valence-electron chi connectivity index (χ4n) is 2.01. The zero-order chi connectivity index (χ0) is 16.4. The van der Waals surface area contributed by atoms with Gasteiger partial charge in [0.15, 0.2) is 14.9 Å². The molecular formula is C16H22N2O2S2. The fraction of sp³-hybridized carbons (Fsp3) is 0.438. The average Bonchev–Trinajstić information content (AvgIpc) is 2.96. The maximum atomic E-state index is 12.4. The van der Waals surface area contributed by atoms with Crippen LogP contribution >= 0.6 is 11.3 Å². The van der Waals surface area contributed by atoms with Crippen molar-refractivity contribution in [3.63, 3.8) is 0 Å². The molecule has 0 aromatic carbocycles. The first kappa shape index (κ1) is 17.0. The van der Waals surface area contributed by atoms with Gasteiger partial charge in [0, 0.05) is 11.4 Å². The lowest BCUT2D eigenvalue weighted by atomic mass is 10.3. The Morgan fingerprint density at radius 3 is 2.41 bits per heavy atom. The Bertz CT molecular complexity index is 700. The lowest BCUT2D eigenvalue weighted by Gasteiger charge is -2.23. The smallest absolute Gasteiger partial charge is 0.200 e. The molecule has 22 heavy (non-hydrogen) atoms. The highest BCUT2D eigenvalue weighted by Gasteiger charge is 2.32. The van der Waals surface area contributed by atoms with Gasteiger partial charge in [-0.25, -0.2) is 13.4 Å². The number of thiophene rings is 1. The molecule has 6 heteroatoms. The van der Waals surface area contributed by atoms with Crippen LogP contribution in [0.5, 0.6) is 0 Å². The molecule has 0 spiro atoms. The van der Waals surface area contributed by atoms with E-state index in [9.17, 15) is 8.42 Å². The van der Waals surface area contributed by atoms with Crippen molar-refractivity contribution in [3.05, 3.63) is 40.7 Å². The van der Waals surface area contributed by atoms with Crippen LogP contribution in [-0.4, -0.2) is 24.7 Å². The summed E-state index contributed by atoms with van der Waals surface area (Å²) in [6.07, 6.45) is 1.65. The minimum absolute atomic E-state index is 0.135. The van der Waals surface area contributed by atoms with Gasteiger partial charge in [0.25, 0.3) is 0 Å². The highest BCUT2D eigenvalue weighted by Crippen LogP contribution is 2.25. The Balaban J connectivity index is 2.24. The molecule has 0 amide bonds. The van der Waals surface area contributed by atoms with E-state index in [0.717, 1.165) is 18.8 Å². The summed E-state index contributed by atoms with van der Waals surface area (Å²) in [5, 5.41) is 2.19. The third-order valence-corrected chi connectivity index (χ3v) is 6.74. The Kier molecular flexibility index (Phi) is 4.92. The molecule has 0 aliphatic carbocycles. The second kappa shape index (κ2) is 6.38. The van der Waals surface area contributed by atoms with Crippen molar-refractivity contribution in [2.75, 3.05) is 11.4 Å². The number of sulfone groups is 1. The molecule has 0 saturated carbocycles. The van der Waals surface area contributed by atoms with Crippen molar-refractivity contribution < 1.29 is 8.42 Å². The molecule has 0 atom stereocenters. The number of rotatable bonds is 5. The molecule has 2 aromatic heterocycles. The van der Waals surface area contributed by atoms with E-state index in [4.69, 9.17) is 0 Å². The zero-order valence-electron chi connectivity index (χ0n) is 13.4. The number of hydrogen-bond acceptors (Lipinski definition) is 5. The summed E-state index contributed by atoms with van der Waals surface area (Å²) in [6.45, 7) is 8.78. The Morgan fingerprint density at radius 1 is 1.23 bits per heavy atom.